The van der Waals surface area contributed by atoms with Crippen molar-refractivity contribution in [1.29, 1.82) is 0 Å². The molecule has 0 radical (unpaired) electrons. The standard InChI is InChI=1S/C13H14F2N2O4/c14-13(15)21-9-3-1-7(2-4-9)11(18)17-6-8(16)5-10(17)12(19)20/h1-4,8,10,13H,5-6,16H2,(H,19,20)/t8-,10-/m0/s1. The third-order valence-electron chi connectivity index (χ3n) is 3.21. The van der Waals surface area contributed by atoms with Crippen molar-refractivity contribution in [3.05, 3.63) is 29.8 Å². The minimum absolute atomic E-state index is 0.0746. The molecule has 1 fully saturated rings. The van der Waals surface area contributed by atoms with E-state index in [4.69, 9.17) is 10.8 Å². The summed E-state index contributed by atoms with van der Waals surface area (Å²) in [6, 6.07) is 3.71. The molecule has 0 aromatic heterocycles. The number of alkyl halides is 2. The van der Waals surface area contributed by atoms with E-state index in [-0.39, 0.29) is 24.3 Å². The molecule has 6 nitrogen and oxygen atoms in total. The summed E-state index contributed by atoms with van der Waals surface area (Å²) in [4.78, 5) is 24.6. The first kappa shape index (κ1) is 15.2. The molecule has 0 bridgehead atoms. The number of amides is 1. The van der Waals surface area contributed by atoms with E-state index in [0.29, 0.717) is 0 Å². The van der Waals surface area contributed by atoms with Crippen molar-refractivity contribution in [2.75, 3.05) is 6.54 Å². The highest BCUT2D eigenvalue weighted by Gasteiger charge is 2.38. The van der Waals surface area contributed by atoms with Crippen LogP contribution in [0.1, 0.15) is 16.8 Å². The van der Waals surface area contributed by atoms with Gasteiger partial charge in [0.1, 0.15) is 11.8 Å². The highest BCUT2D eigenvalue weighted by atomic mass is 19.3. The number of hydrogen-bond acceptors (Lipinski definition) is 4. The average molecular weight is 300 g/mol. The Morgan fingerprint density at radius 2 is 1.95 bits per heavy atom. The van der Waals surface area contributed by atoms with Gasteiger partial charge in [-0.3, -0.25) is 4.79 Å². The number of carboxylic acid groups (broad SMARTS) is 1. The van der Waals surface area contributed by atoms with Gasteiger partial charge in [0, 0.05) is 18.2 Å². The second-order valence-corrected chi connectivity index (χ2v) is 4.71. The SMILES string of the molecule is N[C@H]1C[C@@H](C(=O)O)N(C(=O)c2ccc(OC(F)F)cc2)C1. The summed E-state index contributed by atoms with van der Waals surface area (Å²) < 4.78 is 28.2. The molecule has 0 aliphatic carbocycles. The van der Waals surface area contributed by atoms with Crippen LogP contribution in [0, 0.1) is 0 Å². The van der Waals surface area contributed by atoms with Crippen LogP contribution in [-0.2, 0) is 4.79 Å². The molecule has 0 spiro atoms. The van der Waals surface area contributed by atoms with Crippen LogP contribution in [-0.4, -0.2) is 47.1 Å². The molecule has 0 unspecified atom stereocenters. The third-order valence-corrected chi connectivity index (χ3v) is 3.21. The van der Waals surface area contributed by atoms with Gasteiger partial charge in [-0.15, -0.1) is 0 Å². The lowest BCUT2D eigenvalue weighted by Gasteiger charge is -2.21. The molecule has 1 saturated heterocycles. The van der Waals surface area contributed by atoms with Gasteiger partial charge in [0.2, 0.25) is 0 Å². The summed E-state index contributed by atoms with van der Waals surface area (Å²) in [6.07, 6.45) is 0.188. The Balaban J connectivity index is 2.14. The fraction of sp³-hybridized carbons (Fsp3) is 0.385. The van der Waals surface area contributed by atoms with Gasteiger partial charge in [0.25, 0.3) is 5.91 Å². The molecular weight excluding hydrogens is 286 g/mol. The lowest BCUT2D eigenvalue weighted by Crippen LogP contribution is -2.40. The number of rotatable bonds is 4. The number of aliphatic carboxylic acids is 1. The van der Waals surface area contributed by atoms with E-state index >= 15 is 0 Å². The van der Waals surface area contributed by atoms with E-state index in [1.54, 1.807) is 0 Å². The molecule has 0 saturated carbocycles. The van der Waals surface area contributed by atoms with E-state index in [1.807, 2.05) is 0 Å². The lowest BCUT2D eigenvalue weighted by molar-refractivity contribution is -0.141. The summed E-state index contributed by atoms with van der Waals surface area (Å²) in [6.45, 7) is -2.80. The van der Waals surface area contributed by atoms with Crippen molar-refractivity contribution in [2.24, 2.45) is 5.73 Å². The number of hydrogen-bond donors (Lipinski definition) is 2. The molecule has 1 amide bonds. The third kappa shape index (κ3) is 3.46. The van der Waals surface area contributed by atoms with Crippen LogP contribution in [0.5, 0.6) is 5.75 Å². The van der Waals surface area contributed by atoms with Gasteiger partial charge in [0.05, 0.1) is 0 Å². The van der Waals surface area contributed by atoms with Crippen molar-refractivity contribution >= 4 is 11.9 Å². The number of carboxylic acids is 1. The molecule has 2 rings (SSSR count). The van der Waals surface area contributed by atoms with Crippen LogP contribution >= 0.6 is 0 Å². The molecule has 21 heavy (non-hydrogen) atoms. The predicted molar refractivity (Wildman–Crippen MR) is 68.1 cm³/mol. The van der Waals surface area contributed by atoms with Crippen LogP contribution in [0.3, 0.4) is 0 Å². The summed E-state index contributed by atoms with van der Waals surface area (Å²) in [7, 11) is 0. The topological polar surface area (TPSA) is 92.9 Å². The maximum Gasteiger partial charge on any atom is 0.387 e. The zero-order valence-corrected chi connectivity index (χ0v) is 10.9. The Kier molecular flexibility index (Phi) is 4.37. The summed E-state index contributed by atoms with van der Waals surface area (Å²) in [5.41, 5.74) is 5.88. The van der Waals surface area contributed by atoms with Gasteiger partial charge in [-0.25, -0.2) is 4.79 Å². The van der Waals surface area contributed by atoms with Gasteiger partial charge in [-0.05, 0) is 30.7 Å². The van der Waals surface area contributed by atoms with Crippen LogP contribution in [0.4, 0.5) is 8.78 Å². The van der Waals surface area contributed by atoms with E-state index in [0.717, 1.165) is 0 Å². The number of carbonyl (C=O) groups is 2. The smallest absolute Gasteiger partial charge is 0.387 e. The molecule has 1 aromatic rings. The first-order valence-electron chi connectivity index (χ1n) is 6.22. The summed E-state index contributed by atoms with van der Waals surface area (Å²) in [5.74, 6) is -1.69. The maximum atomic E-state index is 12.3. The molecule has 1 aliphatic rings. The normalized spacial score (nSPS) is 21.6. The Labute approximate surface area is 119 Å². The Morgan fingerprint density at radius 1 is 1.33 bits per heavy atom. The molecule has 114 valence electrons. The predicted octanol–water partition coefficient (Wildman–Crippen LogP) is 0.914. The fourth-order valence-electron chi connectivity index (χ4n) is 2.27. The second kappa shape index (κ2) is 6.04. The average Bonchev–Trinajstić information content (AvgIpc) is 2.80. The number of halogens is 2. The molecule has 1 aromatic carbocycles. The number of ether oxygens (including phenoxy) is 1. The van der Waals surface area contributed by atoms with Gasteiger partial charge in [-0.1, -0.05) is 0 Å². The van der Waals surface area contributed by atoms with Gasteiger partial charge < -0.3 is 20.5 Å². The Hall–Kier alpha value is -2.22. The minimum Gasteiger partial charge on any atom is -0.480 e. The van der Waals surface area contributed by atoms with Crippen molar-refractivity contribution in [3.63, 3.8) is 0 Å². The van der Waals surface area contributed by atoms with E-state index in [9.17, 15) is 18.4 Å². The number of nitrogens with two attached hydrogens (primary N) is 1. The number of benzene rings is 1. The molecule has 1 heterocycles. The molecule has 2 atom stereocenters. The van der Waals surface area contributed by atoms with Gasteiger partial charge in [0.15, 0.2) is 0 Å². The monoisotopic (exact) mass is 300 g/mol. The van der Waals surface area contributed by atoms with Crippen molar-refractivity contribution in [1.82, 2.24) is 4.90 Å². The van der Waals surface area contributed by atoms with Crippen LogP contribution < -0.4 is 10.5 Å². The van der Waals surface area contributed by atoms with Crippen molar-refractivity contribution < 1.29 is 28.2 Å². The molecular formula is C13H14F2N2O4. The van der Waals surface area contributed by atoms with Crippen LogP contribution in [0.25, 0.3) is 0 Å². The highest BCUT2D eigenvalue weighted by molar-refractivity contribution is 5.97. The molecule has 1 aliphatic heterocycles. The van der Waals surface area contributed by atoms with Gasteiger partial charge in [-0.2, -0.15) is 8.78 Å². The van der Waals surface area contributed by atoms with Crippen LogP contribution in [0.15, 0.2) is 24.3 Å². The Bertz CT molecular complexity index is 535. The summed E-state index contributed by atoms with van der Waals surface area (Å²) >= 11 is 0. The van der Waals surface area contributed by atoms with Crippen molar-refractivity contribution in [3.8, 4) is 5.75 Å². The lowest BCUT2D eigenvalue weighted by atomic mass is 10.1. The second-order valence-electron chi connectivity index (χ2n) is 4.71. The van der Waals surface area contributed by atoms with Crippen molar-refractivity contribution in [2.45, 2.75) is 25.1 Å². The number of likely N-dealkylation sites (tertiary alicyclic amines) is 1. The van der Waals surface area contributed by atoms with E-state index in [1.165, 1.54) is 29.2 Å². The van der Waals surface area contributed by atoms with E-state index < -0.39 is 30.6 Å². The zero-order valence-electron chi connectivity index (χ0n) is 10.9. The first-order valence-corrected chi connectivity index (χ1v) is 6.22. The van der Waals surface area contributed by atoms with Gasteiger partial charge >= 0.3 is 12.6 Å². The zero-order chi connectivity index (χ0) is 15.6. The number of nitrogens with zero attached hydrogens (tertiary/aromatic N) is 1. The highest BCUT2D eigenvalue weighted by Crippen LogP contribution is 2.21. The largest absolute Gasteiger partial charge is 0.480 e. The van der Waals surface area contributed by atoms with Crippen LogP contribution in [0.2, 0.25) is 0 Å². The minimum atomic E-state index is -2.94. The summed E-state index contributed by atoms with van der Waals surface area (Å²) in [5, 5.41) is 9.09. The fourth-order valence-corrected chi connectivity index (χ4v) is 2.27. The molecule has 8 heteroatoms. The first-order chi connectivity index (χ1) is 9.88. The van der Waals surface area contributed by atoms with E-state index in [2.05, 4.69) is 4.74 Å². The Morgan fingerprint density at radius 3 is 2.48 bits per heavy atom. The quantitative estimate of drug-likeness (QED) is 0.862. The maximum absolute atomic E-state index is 12.3. The number of carbonyl (C=O) groups excluding carboxylic acids is 1. The molecule has 3 N–H and O–H groups in total.